The zero-order valence-corrected chi connectivity index (χ0v) is 13.0. The van der Waals surface area contributed by atoms with Gasteiger partial charge in [0.1, 0.15) is 5.75 Å². The Morgan fingerprint density at radius 1 is 1.20 bits per heavy atom. The Kier molecular flexibility index (Phi) is 5.17. The van der Waals surface area contributed by atoms with E-state index in [1.807, 2.05) is 18.2 Å². The van der Waals surface area contributed by atoms with Gasteiger partial charge in [-0.1, -0.05) is 24.3 Å². The van der Waals surface area contributed by atoms with Crippen molar-refractivity contribution >= 4 is 11.3 Å². The number of nitrogens with one attached hydrogen (secondary N) is 1. The van der Waals surface area contributed by atoms with Gasteiger partial charge in [-0.25, -0.2) is 0 Å². The van der Waals surface area contributed by atoms with Crippen molar-refractivity contribution in [3.8, 4) is 5.75 Å². The van der Waals surface area contributed by atoms with Crippen molar-refractivity contribution in [1.29, 1.82) is 0 Å². The van der Waals surface area contributed by atoms with Crippen LogP contribution in [0.3, 0.4) is 0 Å². The Hall–Kier alpha value is -1.36. The number of nitrogens with zero attached hydrogens (tertiary/aromatic N) is 1. The number of rotatable bonds is 6. The van der Waals surface area contributed by atoms with Gasteiger partial charge in [-0.3, -0.25) is 0 Å². The summed E-state index contributed by atoms with van der Waals surface area (Å²) in [5.41, 5.74) is 0.941. The molecule has 0 fully saturated rings. The van der Waals surface area contributed by atoms with Crippen molar-refractivity contribution in [2.75, 3.05) is 20.6 Å². The maximum absolute atomic E-state index is 9.89. The second kappa shape index (κ2) is 6.88. The van der Waals surface area contributed by atoms with E-state index in [9.17, 15) is 5.11 Å². The van der Waals surface area contributed by atoms with Crippen molar-refractivity contribution in [3.05, 3.63) is 52.2 Å². The molecule has 1 aromatic carbocycles. The van der Waals surface area contributed by atoms with Crippen LogP contribution in [-0.2, 0) is 0 Å². The van der Waals surface area contributed by atoms with Gasteiger partial charge in [0.2, 0.25) is 0 Å². The van der Waals surface area contributed by atoms with Gasteiger partial charge in [-0.15, -0.1) is 11.3 Å². The van der Waals surface area contributed by atoms with Crippen LogP contribution in [0.15, 0.2) is 41.8 Å². The summed E-state index contributed by atoms with van der Waals surface area (Å²) in [6, 6.07) is 12.2. The highest BCUT2D eigenvalue weighted by Crippen LogP contribution is 2.26. The first-order valence-electron chi connectivity index (χ1n) is 6.80. The molecule has 0 radical (unpaired) electrons. The number of phenols is 1. The van der Waals surface area contributed by atoms with Gasteiger partial charge in [0.25, 0.3) is 0 Å². The first kappa shape index (κ1) is 15.0. The van der Waals surface area contributed by atoms with Gasteiger partial charge in [0.05, 0.1) is 6.04 Å². The summed E-state index contributed by atoms with van der Waals surface area (Å²) in [6.45, 7) is 2.93. The van der Waals surface area contributed by atoms with E-state index in [0.717, 1.165) is 12.1 Å². The van der Waals surface area contributed by atoms with Crippen molar-refractivity contribution < 1.29 is 5.11 Å². The fourth-order valence-corrected chi connectivity index (χ4v) is 3.19. The van der Waals surface area contributed by atoms with E-state index in [2.05, 4.69) is 48.7 Å². The largest absolute Gasteiger partial charge is 0.508 e. The minimum Gasteiger partial charge on any atom is -0.508 e. The molecule has 3 nitrogen and oxygen atoms in total. The van der Waals surface area contributed by atoms with Crippen LogP contribution in [-0.4, -0.2) is 30.6 Å². The maximum Gasteiger partial charge on any atom is 0.120 e. The molecule has 108 valence electrons. The lowest BCUT2D eigenvalue weighted by molar-refractivity contribution is 0.285. The molecule has 0 saturated heterocycles. The summed E-state index contributed by atoms with van der Waals surface area (Å²) in [4.78, 5) is 3.57. The fourth-order valence-electron chi connectivity index (χ4n) is 2.27. The molecule has 1 heterocycles. The lowest BCUT2D eigenvalue weighted by Gasteiger charge is -2.26. The molecule has 0 aliphatic carbocycles. The topological polar surface area (TPSA) is 35.5 Å². The monoisotopic (exact) mass is 290 g/mol. The average molecular weight is 290 g/mol. The fraction of sp³-hybridized carbons (Fsp3) is 0.375. The molecule has 0 bridgehead atoms. The Morgan fingerprint density at radius 2 is 1.95 bits per heavy atom. The van der Waals surface area contributed by atoms with Crippen LogP contribution in [0.5, 0.6) is 5.75 Å². The highest BCUT2D eigenvalue weighted by atomic mass is 32.1. The standard InChI is InChI=1S/C16H22N2OS/c1-12(13-7-4-5-8-15(13)19)17-11-14(18(2)3)16-9-6-10-20-16/h4-10,12,14,17,19H,11H2,1-3H3. The third-order valence-electron chi connectivity index (χ3n) is 3.52. The average Bonchev–Trinajstić information content (AvgIpc) is 2.92. The molecule has 2 aromatic rings. The Morgan fingerprint density at radius 3 is 2.55 bits per heavy atom. The van der Waals surface area contributed by atoms with Crippen LogP contribution in [0.1, 0.15) is 29.4 Å². The molecule has 1 aromatic heterocycles. The quantitative estimate of drug-likeness (QED) is 0.856. The second-order valence-corrected chi connectivity index (χ2v) is 6.16. The van der Waals surface area contributed by atoms with Gasteiger partial charge in [0.15, 0.2) is 0 Å². The summed E-state index contributed by atoms with van der Waals surface area (Å²) >= 11 is 1.78. The van der Waals surface area contributed by atoms with Crippen molar-refractivity contribution in [1.82, 2.24) is 10.2 Å². The lowest BCUT2D eigenvalue weighted by atomic mass is 10.1. The van der Waals surface area contributed by atoms with Gasteiger partial charge < -0.3 is 15.3 Å². The van der Waals surface area contributed by atoms with Crippen LogP contribution < -0.4 is 5.32 Å². The van der Waals surface area contributed by atoms with Gasteiger partial charge in [-0.05, 0) is 38.5 Å². The highest BCUT2D eigenvalue weighted by Gasteiger charge is 2.17. The number of phenolic OH excluding ortho intramolecular Hbond substituents is 1. The van der Waals surface area contributed by atoms with Gasteiger partial charge >= 0.3 is 0 Å². The molecule has 4 heteroatoms. The molecule has 0 amide bonds. The minimum absolute atomic E-state index is 0.124. The molecule has 2 atom stereocenters. The van der Waals surface area contributed by atoms with E-state index >= 15 is 0 Å². The number of thiophene rings is 1. The summed E-state index contributed by atoms with van der Waals surface area (Å²) in [5, 5.41) is 15.5. The van der Waals surface area contributed by atoms with Crippen molar-refractivity contribution in [3.63, 3.8) is 0 Å². The number of benzene rings is 1. The van der Waals surface area contributed by atoms with Crippen LogP contribution in [0.25, 0.3) is 0 Å². The number of hydrogen-bond acceptors (Lipinski definition) is 4. The summed E-state index contributed by atoms with van der Waals surface area (Å²) in [6.07, 6.45) is 0. The third-order valence-corrected chi connectivity index (χ3v) is 4.49. The van der Waals surface area contributed by atoms with Crippen LogP contribution >= 0.6 is 11.3 Å². The van der Waals surface area contributed by atoms with Crippen molar-refractivity contribution in [2.24, 2.45) is 0 Å². The summed E-state index contributed by atoms with van der Waals surface area (Å²) in [7, 11) is 4.19. The van der Waals surface area contributed by atoms with E-state index in [1.54, 1.807) is 17.4 Å². The van der Waals surface area contributed by atoms with Crippen molar-refractivity contribution in [2.45, 2.75) is 19.0 Å². The molecule has 0 saturated carbocycles. The molecule has 0 aliphatic rings. The normalized spacial score (nSPS) is 14.4. The number of para-hydroxylation sites is 1. The Balaban J connectivity index is 2.01. The lowest BCUT2D eigenvalue weighted by Crippen LogP contribution is -2.32. The molecule has 0 spiro atoms. The van der Waals surface area contributed by atoms with E-state index in [4.69, 9.17) is 0 Å². The molecule has 2 unspecified atom stereocenters. The first-order chi connectivity index (χ1) is 9.59. The predicted octanol–water partition coefficient (Wildman–Crippen LogP) is 3.41. The zero-order valence-electron chi connectivity index (χ0n) is 12.2. The highest BCUT2D eigenvalue weighted by molar-refractivity contribution is 7.10. The smallest absolute Gasteiger partial charge is 0.120 e. The van der Waals surface area contributed by atoms with Crippen LogP contribution in [0.4, 0.5) is 0 Å². The molecule has 0 aliphatic heterocycles. The van der Waals surface area contributed by atoms with E-state index in [0.29, 0.717) is 11.8 Å². The third kappa shape index (κ3) is 3.60. The number of aromatic hydroxyl groups is 1. The molecule has 20 heavy (non-hydrogen) atoms. The molecule has 2 rings (SSSR count). The molecular weight excluding hydrogens is 268 g/mol. The van der Waals surface area contributed by atoms with Gasteiger partial charge in [0, 0.05) is 23.0 Å². The minimum atomic E-state index is 0.124. The second-order valence-electron chi connectivity index (χ2n) is 5.18. The first-order valence-corrected chi connectivity index (χ1v) is 7.68. The maximum atomic E-state index is 9.89. The summed E-state index contributed by atoms with van der Waals surface area (Å²) < 4.78 is 0. The zero-order chi connectivity index (χ0) is 14.5. The van der Waals surface area contributed by atoms with Crippen LogP contribution in [0, 0.1) is 0 Å². The predicted molar refractivity (Wildman–Crippen MR) is 85.3 cm³/mol. The Bertz CT molecular complexity index is 525. The van der Waals surface area contributed by atoms with E-state index < -0.39 is 0 Å². The summed E-state index contributed by atoms with van der Waals surface area (Å²) in [5.74, 6) is 0.352. The van der Waals surface area contributed by atoms with Crippen LogP contribution in [0.2, 0.25) is 0 Å². The van der Waals surface area contributed by atoms with E-state index in [-0.39, 0.29) is 6.04 Å². The number of hydrogen-bond donors (Lipinski definition) is 2. The molecular formula is C16H22N2OS. The van der Waals surface area contributed by atoms with Gasteiger partial charge in [-0.2, -0.15) is 0 Å². The van der Waals surface area contributed by atoms with E-state index in [1.165, 1.54) is 4.88 Å². The SMILES string of the molecule is CC(NCC(c1cccs1)N(C)C)c1ccccc1O. The molecule has 2 N–H and O–H groups in total. The Labute approximate surface area is 124 Å². The number of likely N-dealkylation sites (N-methyl/N-ethyl adjacent to an activating group) is 1.